The Hall–Kier alpha value is -0.850. The second kappa shape index (κ2) is 3.26. The molecule has 0 bridgehead atoms. The molecule has 0 saturated carbocycles. The lowest BCUT2D eigenvalue weighted by molar-refractivity contribution is -0.142. The first-order valence-electron chi connectivity index (χ1n) is 2.85. The molecule has 7 heteroatoms. The van der Waals surface area contributed by atoms with Crippen LogP contribution in [0.4, 0.5) is 13.2 Å². The number of thioether (sulfide) groups is 1. The van der Waals surface area contributed by atoms with E-state index in [-0.39, 0.29) is 5.16 Å². The van der Waals surface area contributed by atoms with E-state index >= 15 is 0 Å². The van der Waals surface area contributed by atoms with Crippen LogP contribution in [0.25, 0.3) is 0 Å². The van der Waals surface area contributed by atoms with E-state index in [0.717, 1.165) is 11.8 Å². The van der Waals surface area contributed by atoms with Gasteiger partial charge in [-0.1, -0.05) is 11.8 Å². The number of nitrogens with zero attached hydrogens (tertiary/aromatic N) is 3. The maximum atomic E-state index is 12.0. The Morgan fingerprint density at radius 3 is 2.58 bits per heavy atom. The summed E-state index contributed by atoms with van der Waals surface area (Å²) in [6.45, 7) is 0. The van der Waals surface area contributed by atoms with Gasteiger partial charge in [-0.25, -0.2) is 4.98 Å². The highest BCUT2D eigenvalue weighted by Gasteiger charge is 2.33. The van der Waals surface area contributed by atoms with Crippen LogP contribution in [0.15, 0.2) is 11.4 Å². The minimum absolute atomic E-state index is 0.0184. The summed E-state index contributed by atoms with van der Waals surface area (Å²) >= 11 is 1.01. The van der Waals surface area contributed by atoms with Gasteiger partial charge in [-0.3, -0.25) is 0 Å². The molecule has 0 aliphatic rings. The summed E-state index contributed by atoms with van der Waals surface area (Å²) in [4.78, 5) is 3.23. The van der Waals surface area contributed by atoms with E-state index in [9.17, 15) is 13.2 Å². The fourth-order valence-electron chi connectivity index (χ4n) is 0.510. The van der Waals surface area contributed by atoms with Crippen LogP contribution in [-0.4, -0.2) is 21.4 Å². The van der Waals surface area contributed by atoms with Gasteiger partial charge in [0.1, 0.15) is 0 Å². The molecule has 0 aromatic carbocycles. The molecule has 12 heavy (non-hydrogen) atoms. The average Bonchev–Trinajstić information content (AvgIpc) is 2.03. The SMILES string of the molecule is CSc1nncc(C(F)(F)F)n1. The summed E-state index contributed by atoms with van der Waals surface area (Å²) in [7, 11) is 0. The Balaban J connectivity index is 3.02. The normalized spacial score (nSPS) is 11.7. The van der Waals surface area contributed by atoms with Gasteiger partial charge >= 0.3 is 6.18 Å². The maximum absolute atomic E-state index is 12.0. The third-order valence-electron chi connectivity index (χ3n) is 1.01. The van der Waals surface area contributed by atoms with Gasteiger partial charge in [-0.15, -0.1) is 5.10 Å². The molecule has 0 aliphatic carbocycles. The molecule has 0 aliphatic heterocycles. The van der Waals surface area contributed by atoms with Crippen molar-refractivity contribution >= 4 is 11.8 Å². The van der Waals surface area contributed by atoms with E-state index in [4.69, 9.17) is 0 Å². The highest BCUT2D eigenvalue weighted by Crippen LogP contribution is 2.27. The number of aromatic nitrogens is 3. The van der Waals surface area contributed by atoms with Gasteiger partial charge in [-0.2, -0.15) is 18.3 Å². The van der Waals surface area contributed by atoms with Crippen molar-refractivity contribution < 1.29 is 13.2 Å². The Kier molecular flexibility index (Phi) is 2.51. The van der Waals surface area contributed by atoms with Crippen LogP contribution in [0.3, 0.4) is 0 Å². The third kappa shape index (κ3) is 2.07. The lowest BCUT2D eigenvalue weighted by Crippen LogP contribution is -2.09. The van der Waals surface area contributed by atoms with Gasteiger partial charge in [0.25, 0.3) is 0 Å². The molecule has 0 spiro atoms. The quantitative estimate of drug-likeness (QED) is 0.638. The molecule has 0 N–H and O–H groups in total. The Bertz CT molecular complexity index is 275. The van der Waals surface area contributed by atoms with Gasteiger partial charge in [-0.05, 0) is 6.26 Å². The molecule has 0 radical (unpaired) electrons. The number of halogens is 3. The van der Waals surface area contributed by atoms with Crippen molar-refractivity contribution in [2.45, 2.75) is 11.3 Å². The molecular weight excluding hydrogens is 191 g/mol. The van der Waals surface area contributed by atoms with Crippen molar-refractivity contribution in [3.8, 4) is 0 Å². The summed E-state index contributed by atoms with van der Waals surface area (Å²) < 4.78 is 35.9. The molecule has 3 nitrogen and oxygen atoms in total. The van der Waals surface area contributed by atoms with Gasteiger partial charge in [0.15, 0.2) is 5.69 Å². The van der Waals surface area contributed by atoms with Crippen LogP contribution in [0.5, 0.6) is 0 Å². The first kappa shape index (κ1) is 9.24. The van der Waals surface area contributed by atoms with E-state index in [0.29, 0.717) is 6.20 Å². The fourth-order valence-corrected chi connectivity index (χ4v) is 0.829. The Labute approximate surface area is 70.4 Å². The Morgan fingerprint density at radius 1 is 1.42 bits per heavy atom. The average molecular weight is 195 g/mol. The Morgan fingerprint density at radius 2 is 2.08 bits per heavy atom. The van der Waals surface area contributed by atoms with Crippen LogP contribution < -0.4 is 0 Å². The minimum atomic E-state index is -4.44. The largest absolute Gasteiger partial charge is 0.435 e. The molecular formula is C5H4F3N3S. The lowest BCUT2D eigenvalue weighted by atomic mass is 10.5. The smallest absolute Gasteiger partial charge is 0.215 e. The highest BCUT2D eigenvalue weighted by molar-refractivity contribution is 7.98. The van der Waals surface area contributed by atoms with Crippen molar-refractivity contribution in [2.75, 3.05) is 6.26 Å². The number of rotatable bonds is 1. The minimum Gasteiger partial charge on any atom is -0.215 e. The van der Waals surface area contributed by atoms with Crippen molar-refractivity contribution in [2.24, 2.45) is 0 Å². The number of hydrogen-bond acceptors (Lipinski definition) is 4. The van der Waals surface area contributed by atoms with Crippen molar-refractivity contribution in [3.05, 3.63) is 11.9 Å². The van der Waals surface area contributed by atoms with Gasteiger partial charge in [0.2, 0.25) is 5.16 Å². The first-order chi connectivity index (χ1) is 5.54. The summed E-state index contributed by atoms with van der Waals surface area (Å²) in [6, 6.07) is 0. The second-order valence-electron chi connectivity index (χ2n) is 1.83. The first-order valence-corrected chi connectivity index (χ1v) is 4.07. The lowest BCUT2D eigenvalue weighted by Gasteiger charge is -2.03. The second-order valence-corrected chi connectivity index (χ2v) is 2.60. The zero-order valence-corrected chi connectivity index (χ0v) is 6.78. The monoisotopic (exact) mass is 195 g/mol. The molecule has 1 rings (SSSR count). The van der Waals surface area contributed by atoms with E-state index in [1.807, 2.05) is 0 Å². The molecule has 0 saturated heterocycles. The van der Waals surface area contributed by atoms with E-state index < -0.39 is 11.9 Å². The third-order valence-corrected chi connectivity index (χ3v) is 1.55. The predicted octanol–water partition coefficient (Wildman–Crippen LogP) is 1.61. The highest BCUT2D eigenvalue weighted by atomic mass is 32.2. The number of alkyl halides is 3. The maximum Gasteiger partial charge on any atom is 0.435 e. The predicted molar refractivity (Wildman–Crippen MR) is 36.6 cm³/mol. The summed E-state index contributed by atoms with van der Waals surface area (Å²) in [5.74, 6) is 0. The summed E-state index contributed by atoms with van der Waals surface area (Å²) in [5.41, 5.74) is -1.01. The van der Waals surface area contributed by atoms with Gasteiger partial charge in [0, 0.05) is 0 Å². The van der Waals surface area contributed by atoms with E-state index in [2.05, 4.69) is 15.2 Å². The standard InChI is InChI=1S/C5H4F3N3S/c1-12-4-10-3(2-9-11-4)5(6,7)8/h2H,1H3. The van der Waals surface area contributed by atoms with E-state index in [1.165, 1.54) is 0 Å². The zero-order chi connectivity index (χ0) is 9.19. The molecule has 0 unspecified atom stereocenters. The van der Waals surface area contributed by atoms with Crippen molar-refractivity contribution in [3.63, 3.8) is 0 Å². The van der Waals surface area contributed by atoms with Crippen LogP contribution in [0.1, 0.15) is 5.69 Å². The fraction of sp³-hybridized carbons (Fsp3) is 0.400. The van der Waals surface area contributed by atoms with Gasteiger partial charge in [0.05, 0.1) is 6.20 Å². The topological polar surface area (TPSA) is 38.7 Å². The molecule has 1 heterocycles. The van der Waals surface area contributed by atoms with Crippen LogP contribution in [0.2, 0.25) is 0 Å². The zero-order valence-electron chi connectivity index (χ0n) is 5.96. The van der Waals surface area contributed by atoms with Crippen LogP contribution >= 0.6 is 11.8 Å². The summed E-state index contributed by atoms with van der Waals surface area (Å²) in [6.07, 6.45) is -2.27. The molecule has 1 aromatic heterocycles. The molecule has 1 aromatic rings. The summed E-state index contributed by atoms with van der Waals surface area (Å²) in [5, 5.41) is 6.56. The van der Waals surface area contributed by atoms with Gasteiger partial charge < -0.3 is 0 Å². The van der Waals surface area contributed by atoms with Crippen molar-refractivity contribution in [1.29, 1.82) is 0 Å². The van der Waals surface area contributed by atoms with Crippen molar-refractivity contribution in [1.82, 2.24) is 15.2 Å². The molecule has 0 amide bonds. The van der Waals surface area contributed by atoms with E-state index in [1.54, 1.807) is 6.26 Å². The molecule has 0 atom stereocenters. The number of hydrogen-bond donors (Lipinski definition) is 0. The molecule has 0 fully saturated rings. The molecule has 66 valence electrons. The van der Waals surface area contributed by atoms with Crippen LogP contribution in [0, 0.1) is 0 Å². The van der Waals surface area contributed by atoms with Crippen LogP contribution in [-0.2, 0) is 6.18 Å².